The van der Waals surface area contributed by atoms with Crippen molar-refractivity contribution in [1.82, 2.24) is 14.7 Å². The molecule has 0 radical (unpaired) electrons. The third-order valence-corrected chi connectivity index (χ3v) is 4.34. The first-order valence-electron chi connectivity index (χ1n) is 8.04. The Morgan fingerprint density at radius 3 is 2.86 bits per heavy atom. The fourth-order valence-corrected chi connectivity index (χ4v) is 3.11. The first-order valence-corrected chi connectivity index (χ1v) is 8.04. The number of piperidine rings is 1. The highest BCUT2D eigenvalue weighted by atomic mass is 16.1. The molecular weight excluding hydrogens is 274 g/mol. The number of hydrogen-bond donors (Lipinski definition) is 0. The van der Waals surface area contributed by atoms with Gasteiger partial charge in [-0.25, -0.2) is 0 Å². The fraction of sp³-hybridized carbons (Fsp3) is 0.444. The van der Waals surface area contributed by atoms with Crippen LogP contribution in [0.4, 0.5) is 0 Å². The van der Waals surface area contributed by atoms with Crippen molar-refractivity contribution in [3.63, 3.8) is 0 Å². The lowest BCUT2D eigenvalue weighted by molar-refractivity contribution is 0.0946. The third-order valence-electron chi connectivity index (χ3n) is 4.34. The Balaban J connectivity index is 1.53. The van der Waals surface area contributed by atoms with Crippen LogP contribution in [0, 0.1) is 6.92 Å². The lowest BCUT2D eigenvalue weighted by Gasteiger charge is -2.32. The van der Waals surface area contributed by atoms with Gasteiger partial charge in [-0.15, -0.1) is 0 Å². The lowest BCUT2D eigenvalue weighted by atomic mass is 10.0. The smallest absolute Gasteiger partial charge is 0.164 e. The van der Waals surface area contributed by atoms with E-state index in [4.69, 9.17) is 0 Å². The predicted octanol–water partition coefficient (Wildman–Crippen LogP) is 3.10. The van der Waals surface area contributed by atoms with E-state index in [-0.39, 0.29) is 5.78 Å². The second-order valence-electron chi connectivity index (χ2n) is 6.13. The highest BCUT2D eigenvalue weighted by molar-refractivity contribution is 5.96. The standard InChI is InChI=1S/C18H23N3O/c1-15-12-19-21(13-15)17-8-5-10-20(14-17)11-9-18(22)16-6-3-2-4-7-16/h2-4,6-7,12-13,17H,5,8-11,14H2,1H3/t17-/m0/s1. The Bertz CT molecular complexity index is 620. The summed E-state index contributed by atoms with van der Waals surface area (Å²) in [5.74, 6) is 0.234. The zero-order valence-corrected chi connectivity index (χ0v) is 13.1. The number of ketones is 1. The van der Waals surface area contributed by atoms with Gasteiger partial charge in [-0.05, 0) is 31.9 Å². The zero-order chi connectivity index (χ0) is 15.4. The van der Waals surface area contributed by atoms with Crippen LogP contribution in [0.5, 0.6) is 0 Å². The number of carbonyl (C=O) groups is 1. The SMILES string of the molecule is Cc1cnn([C@H]2CCCN(CCC(=O)c3ccccc3)C2)c1. The number of hydrogen-bond acceptors (Lipinski definition) is 3. The maximum absolute atomic E-state index is 12.2. The molecular formula is C18H23N3O. The normalized spacial score (nSPS) is 19.2. The number of Topliss-reactive ketones (excluding diaryl/α,β-unsaturated/α-hetero) is 1. The molecule has 0 spiro atoms. The second kappa shape index (κ2) is 6.88. The molecule has 2 heterocycles. The molecule has 2 aromatic rings. The number of likely N-dealkylation sites (tertiary alicyclic amines) is 1. The summed E-state index contributed by atoms with van der Waals surface area (Å²) in [5.41, 5.74) is 2.02. The van der Waals surface area contributed by atoms with Crippen LogP contribution >= 0.6 is 0 Å². The average Bonchev–Trinajstić information content (AvgIpc) is 3.00. The summed E-state index contributed by atoms with van der Waals surface area (Å²) < 4.78 is 2.08. The van der Waals surface area contributed by atoms with Gasteiger partial charge in [0.05, 0.1) is 12.2 Å². The molecule has 116 valence electrons. The summed E-state index contributed by atoms with van der Waals surface area (Å²) in [5, 5.41) is 4.44. The fourth-order valence-electron chi connectivity index (χ4n) is 3.11. The zero-order valence-electron chi connectivity index (χ0n) is 13.1. The van der Waals surface area contributed by atoms with Crippen LogP contribution in [0.25, 0.3) is 0 Å². The molecule has 0 amide bonds. The summed E-state index contributed by atoms with van der Waals surface area (Å²) in [6.07, 6.45) is 6.96. The van der Waals surface area contributed by atoms with Gasteiger partial charge in [-0.2, -0.15) is 5.10 Å². The summed E-state index contributed by atoms with van der Waals surface area (Å²) in [7, 11) is 0. The van der Waals surface area contributed by atoms with Gasteiger partial charge >= 0.3 is 0 Å². The monoisotopic (exact) mass is 297 g/mol. The summed E-state index contributed by atoms with van der Waals surface area (Å²) >= 11 is 0. The Morgan fingerprint density at radius 2 is 2.14 bits per heavy atom. The maximum atomic E-state index is 12.2. The van der Waals surface area contributed by atoms with Crippen molar-refractivity contribution in [2.75, 3.05) is 19.6 Å². The first-order chi connectivity index (χ1) is 10.7. The largest absolute Gasteiger partial charge is 0.301 e. The molecule has 0 N–H and O–H groups in total. The second-order valence-corrected chi connectivity index (χ2v) is 6.13. The van der Waals surface area contributed by atoms with Gasteiger partial charge in [0.15, 0.2) is 5.78 Å². The molecule has 0 aliphatic carbocycles. The van der Waals surface area contributed by atoms with Gasteiger partial charge in [-0.3, -0.25) is 9.48 Å². The molecule has 0 unspecified atom stereocenters. The number of benzene rings is 1. The molecule has 1 fully saturated rings. The van der Waals surface area contributed by atoms with E-state index in [9.17, 15) is 4.79 Å². The molecule has 0 bridgehead atoms. The molecule has 1 saturated heterocycles. The van der Waals surface area contributed by atoms with E-state index in [1.807, 2.05) is 36.5 Å². The van der Waals surface area contributed by atoms with Crippen LogP contribution in [-0.4, -0.2) is 40.1 Å². The van der Waals surface area contributed by atoms with Crippen molar-refractivity contribution in [3.8, 4) is 0 Å². The van der Waals surface area contributed by atoms with Crippen molar-refractivity contribution in [2.24, 2.45) is 0 Å². The van der Waals surface area contributed by atoms with Gasteiger partial charge in [0.1, 0.15) is 0 Å². The third kappa shape index (κ3) is 3.63. The lowest BCUT2D eigenvalue weighted by Crippen LogP contribution is -2.38. The average molecular weight is 297 g/mol. The van der Waals surface area contributed by atoms with Crippen LogP contribution < -0.4 is 0 Å². The van der Waals surface area contributed by atoms with E-state index in [1.54, 1.807) is 0 Å². The van der Waals surface area contributed by atoms with Gasteiger partial charge in [0.25, 0.3) is 0 Å². The number of nitrogens with zero attached hydrogens (tertiary/aromatic N) is 3. The Labute approximate surface area is 131 Å². The van der Waals surface area contributed by atoms with E-state index in [2.05, 4.69) is 27.8 Å². The summed E-state index contributed by atoms with van der Waals surface area (Å²) in [6.45, 7) is 4.98. The quantitative estimate of drug-likeness (QED) is 0.796. The number of rotatable bonds is 5. The Kier molecular flexibility index (Phi) is 4.68. The van der Waals surface area contributed by atoms with Crippen LogP contribution in [0.15, 0.2) is 42.7 Å². The highest BCUT2D eigenvalue weighted by Gasteiger charge is 2.22. The van der Waals surface area contributed by atoms with E-state index < -0.39 is 0 Å². The van der Waals surface area contributed by atoms with Gasteiger partial charge < -0.3 is 4.90 Å². The topological polar surface area (TPSA) is 38.1 Å². The number of aryl methyl sites for hydroxylation is 1. The van der Waals surface area contributed by atoms with Gasteiger partial charge in [-0.1, -0.05) is 30.3 Å². The summed E-state index contributed by atoms with van der Waals surface area (Å²) in [4.78, 5) is 14.6. The molecule has 4 heteroatoms. The van der Waals surface area contributed by atoms with Gasteiger partial charge in [0, 0.05) is 31.3 Å². The van der Waals surface area contributed by atoms with Crippen molar-refractivity contribution < 1.29 is 4.79 Å². The molecule has 4 nitrogen and oxygen atoms in total. The van der Waals surface area contributed by atoms with Crippen molar-refractivity contribution in [2.45, 2.75) is 32.2 Å². The van der Waals surface area contributed by atoms with E-state index in [1.165, 1.54) is 18.4 Å². The van der Waals surface area contributed by atoms with Crippen LogP contribution in [-0.2, 0) is 0 Å². The molecule has 0 saturated carbocycles. The minimum Gasteiger partial charge on any atom is -0.301 e. The molecule has 1 aromatic heterocycles. The molecule has 22 heavy (non-hydrogen) atoms. The Hall–Kier alpha value is -1.94. The molecule has 3 rings (SSSR count). The number of carbonyl (C=O) groups excluding carboxylic acids is 1. The van der Waals surface area contributed by atoms with E-state index in [0.717, 1.165) is 25.2 Å². The van der Waals surface area contributed by atoms with Gasteiger partial charge in [0.2, 0.25) is 0 Å². The minimum atomic E-state index is 0.234. The van der Waals surface area contributed by atoms with Crippen LogP contribution in [0.2, 0.25) is 0 Å². The molecule has 1 aliphatic heterocycles. The molecule has 1 aliphatic rings. The van der Waals surface area contributed by atoms with Crippen LogP contribution in [0.3, 0.4) is 0 Å². The Morgan fingerprint density at radius 1 is 1.32 bits per heavy atom. The first kappa shape index (κ1) is 15.0. The van der Waals surface area contributed by atoms with Crippen LogP contribution in [0.1, 0.15) is 41.2 Å². The van der Waals surface area contributed by atoms with Crippen molar-refractivity contribution in [3.05, 3.63) is 53.9 Å². The molecule has 1 aromatic carbocycles. The van der Waals surface area contributed by atoms with Crippen molar-refractivity contribution >= 4 is 5.78 Å². The highest BCUT2D eigenvalue weighted by Crippen LogP contribution is 2.21. The van der Waals surface area contributed by atoms with Crippen molar-refractivity contribution in [1.29, 1.82) is 0 Å². The minimum absolute atomic E-state index is 0.234. The number of aromatic nitrogens is 2. The molecule has 1 atom stereocenters. The van der Waals surface area contributed by atoms with E-state index >= 15 is 0 Å². The summed E-state index contributed by atoms with van der Waals surface area (Å²) in [6, 6.07) is 10.0. The maximum Gasteiger partial charge on any atom is 0.164 e. The predicted molar refractivity (Wildman–Crippen MR) is 87.1 cm³/mol. The van der Waals surface area contributed by atoms with E-state index in [0.29, 0.717) is 12.5 Å².